The van der Waals surface area contributed by atoms with Crippen LogP contribution in [0.3, 0.4) is 0 Å². The molecule has 0 amide bonds. The summed E-state index contributed by atoms with van der Waals surface area (Å²) in [5, 5.41) is 0. The first-order valence-corrected chi connectivity index (χ1v) is 11.4. The van der Waals surface area contributed by atoms with Crippen LogP contribution in [0.4, 0.5) is 0 Å². The smallest absolute Gasteiger partial charge is 0.307 e. The monoisotopic (exact) mass is 382 g/mol. The average molecular weight is 383 g/mol. The summed E-state index contributed by atoms with van der Waals surface area (Å²) in [6.07, 6.45) is 18.3. The second kappa shape index (κ2) is 7.36. The fourth-order valence-corrected chi connectivity index (χ4v) is 7.57. The maximum absolute atomic E-state index is 12.4. The fraction of sp³-hybridized carbons (Fsp3) is 0.760. The molecule has 0 radical (unpaired) electrons. The summed E-state index contributed by atoms with van der Waals surface area (Å²) in [7, 11) is 0. The summed E-state index contributed by atoms with van der Waals surface area (Å²) < 4.78 is 6.12. The zero-order chi connectivity index (χ0) is 19.9. The van der Waals surface area contributed by atoms with Crippen molar-refractivity contribution in [3.8, 4) is 12.3 Å². The van der Waals surface area contributed by atoms with E-state index in [2.05, 4.69) is 12.8 Å². The minimum absolute atomic E-state index is 0.0714. The number of allylic oxidation sites excluding steroid dienone is 1. The van der Waals surface area contributed by atoms with Gasteiger partial charge in [-0.1, -0.05) is 25.3 Å². The minimum atomic E-state index is -0.720. The Labute approximate surface area is 169 Å². The average Bonchev–Trinajstić information content (AvgIpc) is 3.02. The number of ether oxygens (including phenoxy) is 1. The Bertz CT molecular complexity index is 729. The van der Waals surface area contributed by atoms with Crippen molar-refractivity contribution in [1.82, 2.24) is 0 Å². The molecule has 4 aliphatic rings. The summed E-state index contributed by atoms with van der Waals surface area (Å²) in [6, 6.07) is 0. The van der Waals surface area contributed by atoms with Gasteiger partial charge in [0.2, 0.25) is 0 Å². The van der Waals surface area contributed by atoms with Gasteiger partial charge in [0.15, 0.2) is 11.4 Å². The van der Waals surface area contributed by atoms with Crippen LogP contribution < -0.4 is 0 Å². The molecule has 0 aromatic carbocycles. The molecule has 4 rings (SSSR count). The highest BCUT2D eigenvalue weighted by Gasteiger charge is 2.65. The standard InChI is InChI=1S/C25H34O3/c1-4-7-23(27)28-25(6-3)15-13-22-21-10-8-17-16-18(26)9-11-19(17)20(21)12-14-24(22,25)5-2/h3,16,19-22H,4-5,7-15H2,1-2H3/t19-,20+,21+,22-,24-,25+/m0/s1. The van der Waals surface area contributed by atoms with Crippen molar-refractivity contribution in [1.29, 1.82) is 0 Å². The predicted octanol–water partition coefficient (Wildman–Crippen LogP) is 5.23. The largest absolute Gasteiger partial charge is 0.445 e. The molecule has 0 aromatic rings. The Morgan fingerprint density at radius 2 is 2.00 bits per heavy atom. The predicted molar refractivity (Wildman–Crippen MR) is 109 cm³/mol. The molecule has 3 heteroatoms. The van der Waals surface area contributed by atoms with Crippen molar-refractivity contribution in [3.63, 3.8) is 0 Å². The maximum atomic E-state index is 12.4. The van der Waals surface area contributed by atoms with Gasteiger partial charge in [-0.15, -0.1) is 6.42 Å². The summed E-state index contributed by atoms with van der Waals surface area (Å²) in [5.41, 5.74) is 0.623. The van der Waals surface area contributed by atoms with Crippen molar-refractivity contribution in [2.75, 3.05) is 0 Å². The van der Waals surface area contributed by atoms with Gasteiger partial charge in [-0.3, -0.25) is 9.59 Å². The van der Waals surface area contributed by atoms with Crippen LogP contribution >= 0.6 is 0 Å². The van der Waals surface area contributed by atoms with Crippen LogP contribution in [0.25, 0.3) is 0 Å². The van der Waals surface area contributed by atoms with Gasteiger partial charge >= 0.3 is 5.97 Å². The third kappa shape index (κ3) is 2.78. The number of ketones is 1. The molecule has 3 nitrogen and oxygen atoms in total. The molecular weight excluding hydrogens is 348 g/mol. The van der Waals surface area contributed by atoms with E-state index in [1.165, 1.54) is 5.57 Å². The second-order valence-electron chi connectivity index (χ2n) is 9.59. The number of terminal acetylenes is 1. The Hall–Kier alpha value is -1.56. The van der Waals surface area contributed by atoms with Crippen LogP contribution in [0.2, 0.25) is 0 Å². The van der Waals surface area contributed by atoms with Crippen LogP contribution in [-0.2, 0) is 14.3 Å². The highest BCUT2D eigenvalue weighted by molar-refractivity contribution is 5.91. The molecule has 152 valence electrons. The number of fused-ring (bicyclic) bond motifs is 5. The summed E-state index contributed by atoms with van der Waals surface area (Å²) in [6.45, 7) is 4.25. The lowest BCUT2D eigenvalue weighted by molar-refractivity contribution is -0.173. The highest BCUT2D eigenvalue weighted by atomic mass is 16.6. The van der Waals surface area contributed by atoms with Crippen molar-refractivity contribution in [2.24, 2.45) is 29.1 Å². The fourth-order valence-electron chi connectivity index (χ4n) is 7.57. The third-order valence-corrected chi connectivity index (χ3v) is 8.73. The Balaban J connectivity index is 1.63. The van der Waals surface area contributed by atoms with E-state index in [4.69, 9.17) is 11.2 Å². The number of carbonyl (C=O) groups is 2. The SMILES string of the molecule is C#C[C@@]1(OC(=O)CCC)CC[C@H]2[C@@H]3CCC4=CC(=O)CC[C@@H]4[C@H]3CC[C@@]21CC. The number of hydrogen-bond donors (Lipinski definition) is 0. The van der Waals surface area contributed by atoms with Crippen LogP contribution in [-0.4, -0.2) is 17.4 Å². The minimum Gasteiger partial charge on any atom is -0.445 e. The van der Waals surface area contributed by atoms with Crippen molar-refractivity contribution >= 4 is 11.8 Å². The van der Waals surface area contributed by atoms with Gasteiger partial charge in [-0.2, -0.15) is 0 Å². The van der Waals surface area contributed by atoms with E-state index in [1.807, 2.05) is 13.0 Å². The van der Waals surface area contributed by atoms with Crippen molar-refractivity contribution in [2.45, 2.75) is 90.1 Å². The molecule has 0 spiro atoms. The van der Waals surface area contributed by atoms with E-state index in [0.717, 1.165) is 57.8 Å². The molecule has 4 aliphatic carbocycles. The molecule has 0 heterocycles. The molecule has 0 N–H and O–H groups in total. The van der Waals surface area contributed by atoms with E-state index >= 15 is 0 Å². The molecule has 0 aromatic heterocycles. The maximum Gasteiger partial charge on any atom is 0.307 e. The van der Waals surface area contributed by atoms with Gasteiger partial charge in [-0.05, 0) is 87.5 Å². The number of carbonyl (C=O) groups excluding carboxylic acids is 2. The molecule has 0 bridgehead atoms. The Kier molecular flexibility index (Phi) is 5.19. The van der Waals surface area contributed by atoms with Gasteiger partial charge < -0.3 is 4.74 Å². The van der Waals surface area contributed by atoms with Crippen LogP contribution in [0.5, 0.6) is 0 Å². The summed E-state index contributed by atoms with van der Waals surface area (Å²) >= 11 is 0. The second-order valence-corrected chi connectivity index (χ2v) is 9.59. The molecule has 0 unspecified atom stereocenters. The van der Waals surface area contributed by atoms with Gasteiger partial charge in [0, 0.05) is 18.3 Å². The van der Waals surface area contributed by atoms with Crippen LogP contribution in [0.1, 0.15) is 84.5 Å². The quantitative estimate of drug-likeness (QED) is 0.494. The van der Waals surface area contributed by atoms with Gasteiger partial charge in [-0.25, -0.2) is 0 Å². The molecule has 0 aliphatic heterocycles. The van der Waals surface area contributed by atoms with E-state index in [9.17, 15) is 9.59 Å². The Morgan fingerprint density at radius 3 is 2.71 bits per heavy atom. The zero-order valence-corrected chi connectivity index (χ0v) is 17.5. The lowest BCUT2D eigenvalue weighted by atomic mass is 9.49. The molecule has 6 atom stereocenters. The van der Waals surface area contributed by atoms with Crippen LogP contribution in [0, 0.1) is 41.4 Å². The first-order valence-electron chi connectivity index (χ1n) is 11.4. The summed E-state index contributed by atoms with van der Waals surface area (Å²) in [5.74, 6) is 5.68. The first kappa shape index (κ1) is 19.7. The number of esters is 1. The third-order valence-electron chi connectivity index (χ3n) is 8.73. The van der Waals surface area contributed by atoms with Gasteiger partial charge in [0.25, 0.3) is 0 Å². The van der Waals surface area contributed by atoms with Gasteiger partial charge in [0.05, 0.1) is 0 Å². The zero-order valence-electron chi connectivity index (χ0n) is 17.5. The molecule has 3 saturated carbocycles. The van der Waals surface area contributed by atoms with E-state index in [-0.39, 0.29) is 11.4 Å². The topological polar surface area (TPSA) is 43.4 Å². The lowest BCUT2D eigenvalue weighted by Crippen LogP contribution is -2.55. The van der Waals surface area contributed by atoms with Gasteiger partial charge in [0.1, 0.15) is 0 Å². The van der Waals surface area contributed by atoms with Crippen LogP contribution in [0.15, 0.2) is 11.6 Å². The molecule has 0 saturated heterocycles. The highest BCUT2D eigenvalue weighted by Crippen LogP contribution is 2.67. The van der Waals surface area contributed by atoms with E-state index in [0.29, 0.717) is 42.3 Å². The first-order chi connectivity index (χ1) is 13.5. The molecule has 28 heavy (non-hydrogen) atoms. The van der Waals surface area contributed by atoms with Crippen molar-refractivity contribution < 1.29 is 14.3 Å². The molecule has 3 fully saturated rings. The van der Waals surface area contributed by atoms with Crippen molar-refractivity contribution in [3.05, 3.63) is 11.6 Å². The van der Waals surface area contributed by atoms with E-state index < -0.39 is 5.60 Å². The molecular formula is C25H34O3. The lowest BCUT2D eigenvalue weighted by Gasteiger charge is -2.56. The van der Waals surface area contributed by atoms with E-state index in [1.54, 1.807) is 0 Å². The Morgan fingerprint density at radius 1 is 1.18 bits per heavy atom. The summed E-state index contributed by atoms with van der Waals surface area (Å²) in [4.78, 5) is 24.3. The number of hydrogen-bond acceptors (Lipinski definition) is 3. The number of rotatable bonds is 4. The normalized spacial score (nSPS) is 41.9.